The fourth-order valence-corrected chi connectivity index (χ4v) is 3.61. The van der Waals surface area contributed by atoms with Crippen LogP contribution in [0.5, 0.6) is 0 Å². The van der Waals surface area contributed by atoms with Gasteiger partial charge in [0.05, 0.1) is 0 Å². The first-order chi connectivity index (χ1) is 11.8. The van der Waals surface area contributed by atoms with Gasteiger partial charge in [-0.15, -0.1) is 5.10 Å². The lowest BCUT2D eigenvalue weighted by molar-refractivity contribution is 0.628. The average molecular weight is 322 g/mol. The summed E-state index contributed by atoms with van der Waals surface area (Å²) in [5, 5.41) is 8.00. The smallest absolute Gasteiger partial charge is 0.252 e. The number of piperidine rings is 1. The molecule has 5 rings (SSSR count). The molecule has 0 bridgehead atoms. The number of rotatable bonds is 3. The molecule has 1 aliphatic heterocycles. The molecule has 120 valence electrons. The lowest BCUT2D eigenvalue weighted by atomic mass is 10.2. The summed E-state index contributed by atoms with van der Waals surface area (Å²) in [5.74, 6) is 3.33. The van der Waals surface area contributed by atoms with E-state index in [-0.39, 0.29) is 5.82 Å². The van der Waals surface area contributed by atoms with Crippen LogP contribution in [0.1, 0.15) is 11.7 Å². The summed E-state index contributed by atoms with van der Waals surface area (Å²) < 4.78 is 14.9. The number of hydrogen-bond donors (Lipinski definition) is 1. The summed E-state index contributed by atoms with van der Waals surface area (Å²) in [6, 6.07) is 8.01. The molecule has 1 aliphatic carbocycles. The lowest BCUT2D eigenvalue weighted by Crippen LogP contribution is -2.16. The lowest BCUT2D eigenvalue weighted by Gasteiger charge is -2.05. The minimum atomic E-state index is -0.271. The molecule has 2 fully saturated rings. The number of hydrogen-bond acceptors (Lipinski definition) is 5. The van der Waals surface area contributed by atoms with Gasteiger partial charge in [-0.25, -0.2) is 19.3 Å². The second-order valence-corrected chi connectivity index (χ2v) is 6.27. The van der Waals surface area contributed by atoms with Crippen LogP contribution < -0.4 is 5.32 Å². The van der Waals surface area contributed by atoms with Gasteiger partial charge < -0.3 is 5.32 Å². The molecule has 1 aromatic carbocycles. The van der Waals surface area contributed by atoms with Gasteiger partial charge >= 0.3 is 0 Å². The van der Waals surface area contributed by atoms with E-state index in [4.69, 9.17) is 4.98 Å². The molecular formula is C17H15FN6. The van der Waals surface area contributed by atoms with Gasteiger partial charge in [-0.2, -0.15) is 4.68 Å². The van der Waals surface area contributed by atoms with Gasteiger partial charge in [0.1, 0.15) is 11.6 Å². The molecule has 2 atom stereocenters. The van der Waals surface area contributed by atoms with Crippen LogP contribution in [0.3, 0.4) is 0 Å². The van der Waals surface area contributed by atoms with Crippen molar-refractivity contribution in [3.63, 3.8) is 0 Å². The molecule has 2 aromatic heterocycles. The molecule has 3 aromatic rings. The third kappa shape index (κ3) is 2.12. The Kier molecular flexibility index (Phi) is 2.96. The van der Waals surface area contributed by atoms with Crippen LogP contribution in [0.2, 0.25) is 0 Å². The highest BCUT2D eigenvalue weighted by Gasteiger charge is 2.56. The van der Waals surface area contributed by atoms with Crippen LogP contribution in [0.15, 0.2) is 42.7 Å². The van der Waals surface area contributed by atoms with Gasteiger partial charge in [0, 0.05) is 23.9 Å². The van der Waals surface area contributed by atoms with Gasteiger partial charge in [0.15, 0.2) is 5.82 Å². The van der Waals surface area contributed by atoms with Crippen LogP contribution >= 0.6 is 0 Å². The molecular weight excluding hydrogens is 307 g/mol. The summed E-state index contributed by atoms with van der Waals surface area (Å²) in [7, 11) is 0. The predicted octanol–water partition coefficient (Wildman–Crippen LogP) is 1.80. The van der Waals surface area contributed by atoms with E-state index in [1.54, 1.807) is 35.3 Å². The second kappa shape index (κ2) is 5.17. The highest BCUT2D eigenvalue weighted by molar-refractivity contribution is 5.55. The van der Waals surface area contributed by atoms with Gasteiger partial charge in [0.2, 0.25) is 0 Å². The zero-order valence-corrected chi connectivity index (χ0v) is 12.8. The number of nitrogens with one attached hydrogen (secondary N) is 1. The van der Waals surface area contributed by atoms with Crippen molar-refractivity contribution in [3.05, 3.63) is 54.4 Å². The number of halogens is 1. The van der Waals surface area contributed by atoms with E-state index in [9.17, 15) is 4.39 Å². The van der Waals surface area contributed by atoms with Crippen LogP contribution in [-0.4, -0.2) is 37.8 Å². The molecule has 24 heavy (non-hydrogen) atoms. The summed E-state index contributed by atoms with van der Waals surface area (Å²) in [4.78, 5) is 13.4. The third-order valence-electron chi connectivity index (χ3n) is 4.87. The van der Waals surface area contributed by atoms with Gasteiger partial charge in [-0.1, -0.05) is 0 Å². The number of benzene rings is 1. The molecule has 0 amide bonds. The Hall–Kier alpha value is -2.67. The maximum atomic E-state index is 13.2. The summed E-state index contributed by atoms with van der Waals surface area (Å²) in [6.45, 7) is 2.04. The Morgan fingerprint density at radius 3 is 2.46 bits per heavy atom. The largest absolute Gasteiger partial charge is 0.316 e. The Bertz CT molecular complexity index is 866. The molecule has 2 aliphatic rings. The first-order valence-electron chi connectivity index (χ1n) is 8.02. The van der Waals surface area contributed by atoms with E-state index in [0.29, 0.717) is 29.5 Å². The minimum absolute atomic E-state index is 0.271. The molecule has 1 saturated carbocycles. The molecule has 0 spiro atoms. The predicted molar refractivity (Wildman–Crippen MR) is 84.9 cm³/mol. The van der Waals surface area contributed by atoms with Crippen molar-refractivity contribution in [1.29, 1.82) is 0 Å². The Morgan fingerprint density at radius 2 is 1.75 bits per heavy atom. The van der Waals surface area contributed by atoms with E-state index < -0.39 is 0 Å². The van der Waals surface area contributed by atoms with Crippen LogP contribution in [0, 0.1) is 17.7 Å². The van der Waals surface area contributed by atoms with Crippen molar-refractivity contribution in [1.82, 2.24) is 30.0 Å². The highest BCUT2D eigenvalue weighted by atomic mass is 19.1. The van der Waals surface area contributed by atoms with Crippen molar-refractivity contribution in [2.75, 3.05) is 13.1 Å². The van der Waals surface area contributed by atoms with Crippen molar-refractivity contribution in [2.24, 2.45) is 11.8 Å². The summed E-state index contributed by atoms with van der Waals surface area (Å²) in [5.41, 5.74) is 0.788. The molecule has 1 N–H and O–H groups in total. The Labute approximate surface area is 137 Å². The molecule has 2 unspecified atom stereocenters. The Morgan fingerprint density at radius 1 is 1.04 bits per heavy atom. The summed E-state index contributed by atoms with van der Waals surface area (Å²) in [6.07, 6.45) is 3.39. The third-order valence-corrected chi connectivity index (χ3v) is 4.87. The summed E-state index contributed by atoms with van der Waals surface area (Å²) >= 11 is 0. The van der Waals surface area contributed by atoms with Crippen molar-refractivity contribution < 1.29 is 4.39 Å². The molecule has 3 heterocycles. The van der Waals surface area contributed by atoms with Crippen LogP contribution in [0.4, 0.5) is 4.39 Å². The first kappa shape index (κ1) is 13.7. The topological polar surface area (TPSA) is 68.5 Å². The number of nitrogens with zero attached hydrogens (tertiary/aromatic N) is 5. The molecule has 7 heteroatoms. The molecule has 1 saturated heterocycles. The normalized spacial score (nSPS) is 24.8. The highest BCUT2D eigenvalue weighted by Crippen LogP contribution is 2.55. The quantitative estimate of drug-likeness (QED) is 0.796. The van der Waals surface area contributed by atoms with E-state index in [1.807, 2.05) is 0 Å². The van der Waals surface area contributed by atoms with Crippen molar-refractivity contribution >= 4 is 0 Å². The van der Waals surface area contributed by atoms with Crippen LogP contribution in [-0.2, 0) is 0 Å². The van der Waals surface area contributed by atoms with Gasteiger partial charge in [-0.3, -0.25) is 0 Å². The van der Waals surface area contributed by atoms with E-state index in [2.05, 4.69) is 20.4 Å². The number of fused-ring (bicyclic) bond motifs is 1. The average Bonchev–Trinajstić information content (AvgIpc) is 3.00. The zero-order valence-electron chi connectivity index (χ0n) is 12.8. The first-order valence-corrected chi connectivity index (χ1v) is 8.02. The van der Waals surface area contributed by atoms with Crippen molar-refractivity contribution in [2.45, 2.75) is 5.92 Å². The zero-order chi connectivity index (χ0) is 16.1. The van der Waals surface area contributed by atoms with E-state index in [0.717, 1.165) is 24.5 Å². The maximum Gasteiger partial charge on any atom is 0.252 e. The molecule has 0 radical (unpaired) electrons. The SMILES string of the molecule is Fc1ccc(-c2nc(C3C4CNCC43)n(-c3ncccn3)n2)cc1. The van der Waals surface area contributed by atoms with Gasteiger partial charge in [0.25, 0.3) is 5.95 Å². The Balaban J connectivity index is 1.60. The van der Waals surface area contributed by atoms with Crippen LogP contribution in [0.25, 0.3) is 17.3 Å². The molecule has 6 nitrogen and oxygen atoms in total. The monoisotopic (exact) mass is 322 g/mol. The van der Waals surface area contributed by atoms with Crippen molar-refractivity contribution in [3.8, 4) is 17.3 Å². The number of aromatic nitrogens is 5. The second-order valence-electron chi connectivity index (χ2n) is 6.27. The fraction of sp³-hybridized carbons (Fsp3) is 0.294. The van der Waals surface area contributed by atoms with E-state index >= 15 is 0 Å². The standard InChI is InChI=1S/C17H15FN6/c18-11-4-2-10(3-5-11)15-22-16(14-12-8-19-9-13(12)14)24(23-15)17-20-6-1-7-21-17/h1-7,12-14,19H,8-9H2. The maximum absolute atomic E-state index is 13.2. The van der Waals surface area contributed by atoms with E-state index in [1.165, 1.54) is 12.1 Å². The fourth-order valence-electron chi connectivity index (χ4n) is 3.61. The minimum Gasteiger partial charge on any atom is -0.316 e. The van der Waals surface area contributed by atoms with Gasteiger partial charge in [-0.05, 0) is 55.3 Å².